The number of pyridine rings is 1. The maximum Gasteiger partial charge on any atom is 0.254 e. The van der Waals surface area contributed by atoms with E-state index in [1.165, 1.54) is 6.42 Å². The van der Waals surface area contributed by atoms with E-state index in [0.29, 0.717) is 6.04 Å². The van der Waals surface area contributed by atoms with Gasteiger partial charge in [-0.3, -0.25) is 4.79 Å². The Hall–Kier alpha value is -2.88. The molecule has 4 nitrogen and oxygen atoms in total. The molecule has 1 saturated heterocycles. The number of carbonyl (C=O) groups excluding carboxylic acids is 1. The molecule has 2 aromatic carbocycles. The molecule has 4 rings (SSSR count). The second-order valence-corrected chi connectivity index (χ2v) is 7.36. The summed E-state index contributed by atoms with van der Waals surface area (Å²) in [7, 11) is 1.66. The summed E-state index contributed by atoms with van der Waals surface area (Å²) in [6.45, 7) is 3.01. The highest BCUT2D eigenvalue weighted by Crippen LogP contribution is 2.30. The Bertz CT molecular complexity index is 999. The molecule has 0 spiro atoms. The fourth-order valence-corrected chi connectivity index (χ4v) is 4.13. The number of fused-ring (bicyclic) bond motifs is 1. The van der Waals surface area contributed by atoms with Crippen LogP contribution < -0.4 is 4.74 Å². The fourth-order valence-electron chi connectivity index (χ4n) is 4.13. The second-order valence-electron chi connectivity index (χ2n) is 7.36. The lowest BCUT2D eigenvalue weighted by Crippen LogP contribution is -2.43. The first-order chi connectivity index (χ1) is 13.7. The van der Waals surface area contributed by atoms with E-state index >= 15 is 0 Å². The number of rotatable bonds is 4. The quantitative estimate of drug-likeness (QED) is 0.621. The van der Waals surface area contributed by atoms with Crippen molar-refractivity contribution in [2.24, 2.45) is 0 Å². The predicted molar refractivity (Wildman–Crippen MR) is 113 cm³/mol. The number of hydrogen-bond donors (Lipinski definition) is 0. The summed E-state index contributed by atoms with van der Waals surface area (Å²) in [5.41, 5.74) is 3.33. The highest BCUT2D eigenvalue weighted by atomic mass is 16.5. The molecule has 0 N–H and O–H groups in total. The molecule has 28 heavy (non-hydrogen) atoms. The van der Waals surface area contributed by atoms with Crippen molar-refractivity contribution in [3.8, 4) is 17.0 Å². The van der Waals surface area contributed by atoms with Gasteiger partial charge in [-0.05, 0) is 49.9 Å². The van der Waals surface area contributed by atoms with Crippen molar-refractivity contribution in [1.29, 1.82) is 0 Å². The number of ether oxygens (including phenoxy) is 1. The van der Waals surface area contributed by atoms with Gasteiger partial charge < -0.3 is 9.64 Å². The lowest BCUT2D eigenvalue weighted by atomic mass is 9.97. The minimum Gasteiger partial charge on any atom is -0.497 e. The number of methoxy groups -OCH3 is 1. The van der Waals surface area contributed by atoms with Crippen LogP contribution in [0.1, 0.15) is 43.0 Å². The van der Waals surface area contributed by atoms with Crippen LogP contribution in [-0.2, 0) is 0 Å². The van der Waals surface area contributed by atoms with Gasteiger partial charge in [-0.15, -0.1) is 0 Å². The monoisotopic (exact) mass is 374 g/mol. The molecule has 0 bridgehead atoms. The molecule has 2 heterocycles. The van der Waals surface area contributed by atoms with Crippen LogP contribution >= 0.6 is 0 Å². The third-order valence-corrected chi connectivity index (χ3v) is 5.67. The third kappa shape index (κ3) is 3.47. The first-order valence-electron chi connectivity index (χ1n) is 10.1. The molecule has 3 aromatic rings. The van der Waals surface area contributed by atoms with Crippen LogP contribution in [-0.4, -0.2) is 35.5 Å². The molecule has 1 amide bonds. The molecule has 144 valence electrons. The molecular weight excluding hydrogens is 348 g/mol. The molecule has 1 aliphatic heterocycles. The first-order valence-corrected chi connectivity index (χ1v) is 10.1. The Kier molecular flexibility index (Phi) is 5.29. The van der Waals surface area contributed by atoms with Crippen LogP contribution in [0.25, 0.3) is 22.2 Å². The van der Waals surface area contributed by atoms with E-state index in [4.69, 9.17) is 9.72 Å². The highest BCUT2D eigenvalue weighted by Gasteiger charge is 2.27. The Morgan fingerprint density at radius 2 is 2.00 bits per heavy atom. The molecule has 4 heteroatoms. The number of piperidine rings is 1. The maximum atomic E-state index is 13.6. The summed E-state index contributed by atoms with van der Waals surface area (Å²) in [4.78, 5) is 20.5. The van der Waals surface area contributed by atoms with Crippen molar-refractivity contribution in [3.63, 3.8) is 0 Å². The second kappa shape index (κ2) is 8.01. The minimum atomic E-state index is 0.120. The number of amides is 1. The zero-order chi connectivity index (χ0) is 19.5. The largest absolute Gasteiger partial charge is 0.497 e. The van der Waals surface area contributed by atoms with Crippen LogP contribution in [0.15, 0.2) is 54.6 Å². The Morgan fingerprint density at radius 1 is 1.14 bits per heavy atom. The summed E-state index contributed by atoms with van der Waals surface area (Å²) in [5.74, 6) is 0.900. The maximum absolute atomic E-state index is 13.6. The average molecular weight is 374 g/mol. The Labute approximate surface area is 166 Å². The van der Waals surface area contributed by atoms with Crippen LogP contribution in [0.4, 0.5) is 0 Å². The molecule has 0 unspecified atom stereocenters. The third-order valence-electron chi connectivity index (χ3n) is 5.67. The molecule has 1 fully saturated rings. The van der Waals surface area contributed by atoms with Gasteiger partial charge in [0.2, 0.25) is 0 Å². The number of likely N-dealkylation sites (tertiary alicyclic amines) is 1. The summed E-state index contributed by atoms with van der Waals surface area (Å²) >= 11 is 0. The van der Waals surface area contributed by atoms with Crippen LogP contribution in [0.2, 0.25) is 0 Å². The molecular formula is C24H26N2O2. The first kappa shape index (κ1) is 18.5. The van der Waals surface area contributed by atoms with Gasteiger partial charge in [0, 0.05) is 23.5 Å². The van der Waals surface area contributed by atoms with Gasteiger partial charge in [0.05, 0.1) is 23.9 Å². The van der Waals surface area contributed by atoms with Crippen molar-refractivity contribution in [2.75, 3.05) is 13.7 Å². The lowest BCUT2D eigenvalue weighted by Gasteiger charge is -2.35. The van der Waals surface area contributed by atoms with Crippen LogP contribution in [0.5, 0.6) is 5.75 Å². The van der Waals surface area contributed by atoms with E-state index in [1.54, 1.807) is 7.11 Å². The number of aromatic nitrogens is 1. The van der Waals surface area contributed by atoms with Gasteiger partial charge in [0.25, 0.3) is 5.91 Å². The molecule has 1 aliphatic rings. The van der Waals surface area contributed by atoms with Gasteiger partial charge in [-0.1, -0.05) is 37.3 Å². The van der Waals surface area contributed by atoms with E-state index in [1.807, 2.05) is 54.6 Å². The SMILES string of the molecule is CC[C@H]1CCCCN1C(=O)c1cc(-c2cccc(OC)c2)nc2ccccc12. The average Bonchev–Trinajstić information content (AvgIpc) is 2.77. The van der Waals surface area contributed by atoms with Gasteiger partial charge in [-0.25, -0.2) is 4.98 Å². The zero-order valence-corrected chi connectivity index (χ0v) is 16.5. The van der Waals surface area contributed by atoms with Crippen molar-refractivity contribution in [1.82, 2.24) is 9.88 Å². The Balaban J connectivity index is 1.83. The summed E-state index contributed by atoms with van der Waals surface area (Å²) < 4.78 is 5.36. The number of benzene rings is 2. The van der Waals surface area contributed by atoms with Crippen molar-refractivity contribution in [3.05, 3.63) is 60.2 Å². The van der Waals surface area contributed by atoms with Crippen molar-refractivity contribution in [2.45, 2.75) is 38.6 Å². The number of hydrogen-bond acceptors (Lipinski definition) is 3. The van der Waals surface area contributed by atoms with E-state index < -0.39 is 0 Å². The zero-order valence-electron chi connectivity index (χ0n) is 16.5. The van der Waals surface area contributed by atoms with Crippen LogP contribution in [0, 0.1) is 0 Å². The molecule has 0 aliphatic carbocycles. The fraction of sp³-hybridized carbons (Fsp3) is 0.333. The van der Waals surface area contributed by atoms with E-state index in [0.717, 1.165) is 59.3 Å². The van der Waals surface area contributed by atoms with Gasteiger partial charge in [-0.2, -0.15) is 0 Å². The lowest BCUT2D eigenvalue weighted by molar-refractivity contribution is 0.0610. The predicted octanol–water partition coefficient (Wildman–Crippen LogP) is 5.32. The summed E-state index contributed by atoms with van der Waals surface area (Å²) in [6.07, 6.45) is 4.37. The van der Waals surface area contributed by atoms with E-state index in [-0.39, 0.29) is 5.91 Å². The van der Waals surface area contributed by atoms with Crippen molar-refractivity contribution < 1.29 is 9.53 Å². The summed E-state index contributed by atoms with van der Waals surface area (Å²) in [5, 5.41) is 0.916. The summed E-state index contributed by atoms with van der Waals surface area (Å²) in [6, 6.07) is 18.0. The van der Waals surface area contributed by atoms with Gasteiger partial charge in [0.15, 0.2) is 0 Å². The molecule has 0 saturated carbocycles. The van der Waals surface area contributed by atoms with E-state index in [9.17, 15) is 4.79 Å². The Morgan fingerprint density at radius 3 is 2.82 bits per heavy atom. The molecule has 1 atom stereocenters. The standard InChI is InChI=1S/C24H26N2O2/c1-3-18-10-6-7-14-26(18)24(27)21-16-23(17-9-8-11-19(15-17)28-2)25-22-13-5-4-12-20(21)22/h4-5,8-9,11-13,15-16,18H,3,6-7,10,14H2,1-2H3/t18-/m0/s1. The number of para-hydroxylation sites is 1. The molecule has 1 aromatic heterocycles. The van der Waals surface area contributed by atoms with Gasteiger partial charge in [0.1, 0.15) is 5.75 Å². The van der Waals surface area contributed by atoms with Crippen LogP contribution in [0.3, 0.4) is 0 Å². The normalized spacial score (nSPS) is 16.9. The topological polar surface area (TPSA) is 42.4 Å². The smallest absolute Gasteiger partial charge is 0.254 e. The molecule has 0 radical (unpaired) electrons. The van der Waals surface area contributed by atoms with E-state index in [2.05, 4.69) is 11.8 Å². The van der Waals surface area contributed by atoms with Crippen molar-refractivity contribution >= 4 is 16.8 Å². The number of nitrogens with zero attached hydrogens (tertiary/aromatic N) is 2. The minimum absolute atomic E-state index is 0.120. The highest BCUT2D eigenvalue weighted by molar-refractivity contribution is 6.07. The number of carbonyl (C=O) groups is 1. The van der Waals surface area contributed by atoms with Gasteiger partial charge >= 0.3 is 0 Å².